The van der Waals surface area contributed by atoms with Crippen LogP contribution in [-0.2, 0) is 0 Å². The van der Waals surface area contributed by atoms with E-state index in [1.54, 1.807) is 12.4 Å². The van der Waals surface area contributed by atoms with Gasteiger partial charge in [0.2, 0.25) is 0 Å². The number of hydrogen-bond acceptors (Lipinski definition) is 3. The maximum atomic E-state index is 5.87. The van der Waals surface area contributed by atoms with E-state index in [9.17, 15) is 0 Å². The summed E-state index contributed by atoms with van der Waals surface area (Å²) in [6.45, 7) is 6.58. The van der Waals surface area contributed by atoms with E-state index in [-0.39, 0.29) is 5.54 Å². The molecule has 1 aromatic rings. The first-order valence-electron chi connectivity index (χ1n) is 4.92. The number of aromatic nitrogens is 1. The number of nitrogens with zero attached hydrogens (tertiary/aromatic N) is 2. The summed E-state index contributed by atoms with van der Waals surface area (Å²) in [5, 5.41) is 0. The van der Waals surface area contributed by atoms with Crippen molar-refractivity contribution in [3.05, 3.63) is 18.5 Å². The Kier molecular flexibility index (Phi) is 2.99. The van der Waals surface area contributed by atoms with Crippen molar-refractivity contribution in [1.82, 2.24) is 4.98 Å². The van der Waals surface area contributed by atoms with E-state index in [0.29, 0.717) is 0 Å². The number of nitrogens with two attached hydrogens (primary N) is 1. The Labute approximate surface area is 85.9 Å². The van der Waals surface area contributed by atoms with Crippen LogP contribution in [0, 0.1) is 0 Å². The molecule has 14 heavy (non-hydrogen) atoms. The molecule has 2 N–H and O–H groups in total. The summed E-state index contributed by atoms with van der Waals surface area (Å²) in [4.78, 5) is 6.18. The number of anilines is 2. The molecule has 3 heteroatoms. The van der Waals surface area contributed by atoms with Crippen molar-refractivity contribution < 1.29 is 0 Å². The SMILES string of the molecule is CCC(C)(C)N(C)c1ccncc1N. The van der Waals surface area contributed by atoms with Crippen LogP contribution in [0.5, 0.6) is 0 Å². The van der Waals surface area contributed by atoms with Gasteiger partial charge in [-0.05, 0) is 26.3 Å². The van der Waals surface area contributed by atoms with Crippen LogP contribution in [0.15, 0.2) is 18.5 Å². The molecule has 0 aliphatic carbocycles. The summed E-state index contributed by atoms with van der Waals surface area (Å²) in [6.07, 6.45) is 4.54. The van der Waals surface area contributed by atoms with Crippen LogP contribution < -0.4 is 10.6 Å². The topological polar surface area (TPSA) is 42.2 Å². The molecular formula is C11H19N3. The molecule has 0 atom stereocenters. The van der Waals surface area contributed by atoms with E-state index in [2.05, 4.69) is 37.7 Å². The summed E-state index contributed by atoms with van der Waals surface area (Å²) >= 11 is 0. The molecule has 0 radical (unpaired) electrons. The monoisotopic (exact) mass is 193 g/mol. The van der Waals surface area contributed by atoms with E-state index in [4.69, 9.17) is 5.73 Å². The lowest BCUT2D eigenvalue weighted by Crippen LogP contribution is -2.40. The minimum absolute atomic E-state index is 0.121. The van der Waals surface area contributed by atoms with E-state index < -0.39 is 0 Å². The van der Waals surface area contributed by atoms with Crippen molar-refractivity contribution in [2.75, 3.05) is 17.7 Å². The Balaban J connectivity index is 3.00. The zero-order valence-corrected chi connectivity index (χ0v) is 9.41. The Morgan fingerprint density at radius 1 is 1.50 bits per heavy atom. The van der Waals surface area contributed by atoms with Crippen molar-refractivity contribution >= 4 is 11.4 Å². The average molecular weight is 193 g/mol. The van der Waals surface area contributed by atoms with Gasteiger partial charge in [-0.3, -0.25) is 4.98 Å². The van der Waals surface area contributed by atoms with Crippen molar-refractivity contribution in [1.29, 1.82) is 0 Å². The summed E-state index contributed by atoms with van der Waals surface area (Å²) < 4.78 is 0. The van der Waals surface area contributed by atoms with Crippen molar-refractivity contribution in [2.45, 2.75) is 32.7 Å². The lowest BCUT2D eigenvalue weighted by Gasteiger charge is -2.37. The fourth-order valence-electron chi connectivity index (χ4n) is 1.27. The van der Waals surface area contributed by atoms with Crippen LogP contribution in [0.1, 0.15) is 27.2 Å². The Hall–Kier alpha value is -1.25. The van der Waals surface area contributed by atoms with Gasteiger partial charge in [-0.2, -0.15) is 0 Å². The molecule has 1 heterocycles. The van der Waals surface area contributed by atoms with Gasteiger partial charge in [0.05, 0.1) is 17.6 Å². The number of nitrogen functional groups attached to an aromatic ring is 1. The van der Waals surface area contributed by atoms with E-state index >= 15 is 0 Å². The first kappa shape index (κ1) is 10.8. The molecule has 0 saturated heterocycles. The van der Waals surface area contributed by atoms with Crippen LogP contribution in [0.2, 0.25) is 0 Å². The Morgan fingerprint density at radius 3 is 2.64 bits per heavy atom. The van der Waals surface area contributed by atoms with E-state index in [1.807, 2.05) is 6.07 Å². The molecule has 0 saturated carbocycles. The minimum Gasteiger partial charge on any atom is -0.396 e. The van der Waals surface area contributed by atoms with Gasteiger partial charge >= 0.3 is 0 Å². The van der Waals surface area contributed by atoms with E-state index in [1.165, 1.54) is 0 Å². The van der Waals surface area contributed by atoms with Gasteiger partial charge < -0.3 is 10.6 Å². The van der Waals surface area contributed by atoms with Gasteiger partial charge in [-0.1, -0.05) is 6.92 Å². The average Bonchev–Trinajstić information content (AvgIpc) is 2.17. The largest absolute Gasteiger partial charge is 0.396 e. The van der Waals surface area contributed by atoms with E-state index in [0.717, 1.165) is 17.8 Å². The molecule has 0 aromatic carbocycles. The second-order valence-corrected chi connectivity index (χ2v) is 4.16. The van der Waals surface area contributed by atoms with Gasteiger partial charge in [-0.25, -0.2) is 0 Å². The highest BCUT2D eigenvalue weighted by atomic mass is 15.2. The molecule has 0 aliphatic rings. The highest BCUT2D eigenvalue weighted by Crippen LogP contribution is 2.28. The van der Waals surface area contributed by atoms with Crippen LogP contribution in [-0.4, -0.2) is 17.6 Å². The van der Waals surface area contributed by atoms with Crippen LogP contribution in [0.4, 0.5) is 11.4 Å². The molecule has 0 fully saturated rings. The predicted octanol–water partition coefficient (Wildman–Crippen LogP) is 2.29. The zero-order valence-electron chi connectivity index (χ0n) is 9.41. The van der Waals surface area contributed by atoms with Gasteiger partial charge in [-0.15, -0.1) is 0 Å². The summed E-state index contributed by atoms with van der Waals surface area (Å²) in [5.74, 6) is 0. The molecule has 0 aliphatic heterocycles. The Morgan fingerprint density at radius 2 is 2.14 bits per heavy atom. The van der Waals surface area contributed by atoms with Crippen molar-refractivity contribution in [3.8, 4) is 0 Å². The van der Waals surface area contributed by atoms with Gasteiger partial charge in [0.1, 0.15) is 0 Å². The maximum absolute atomic E-state index is 5.87. The smallest absolute Gasteiger partial charge is 0.0738 e. The van der Waals surface area contributed by atoms with Crippen molar-refractivity contribution in [2.24, 2.45) is 0 Å². The third kappa shape index (κ3) is 1.97. The van der Waals surface area contributed by atoms with Crippen LogP contribution in [0.3, 0.4) is 0 Å². The highest BCUT2D eigenvalue weighted by molar-refractivity contribution is 5.66. The number of pyridine rings is 1. The molecule has 3 nitrogen and oxygen atoms in total. The second-order valence-electron chi connectivity index (χ2n) is 4.16. The fraction of sp³-hybridized carbons (Fsp3) is 0.545. The van der Waals surface area contributed by atoms with Crippen LogP contribution in [0.25, 0.3) is 0 Å². The first-order valence-corrected chi connectivity index (χ1v) is 4.92. The molecule has 1 rings (SSSR count). The Bertz CT molecular complexity index is 307. The number of hydrogen-bond donors (Lipinski definition) is 1. The summed E-state index contributed by atoms with van der Waals surface area (Å²) in [7, 11) is 2.06. The standard InChI is InChI=1S/C11H19N3/c1-5-11(2,3)14(4)10-6-7-13-8-9(10)12/h6-8H,5,12H2,1-4H3. The molecule has 0 bridgehead atoms. The minimum atomic E-state index is 0.121. The van der Waals surface area contributed by atoms with Gasteiger partial charge in [0, 0.05) is 18.8 Å². The van der Waals surface area contributed by atoms with Gasteiger partial charge in [0.25, 0.3) is 0 Å². The van der Waals surface area contributed by atoms with Crippen LogP contribution >= 0.6 is 0 Å². The van der Waals surface area contributed by atoms with Crippen molar-refractivity contribution in [3.63, 3.8) is 0 Å². The highest BCUT2D eigenvalue weighted by Gasteiger charge is 2.22. The summed E-state index contributed by atoms with van der Waals surface area (Å²) in [6, 6.07) is 1.95. The lowest BCUT2D eigenvalue weighted by atomic mass is 9.99. The molecule has 0 unspecified atom stereocenters. The molecular weight excluding hydrogens is 174 g/mol. The second kappa shape index (κ2) is 3.86. The predicted molar refractivity (Wildman–Crippen MR) is 61.4 cm³/mol. The maximum Gasteiger partial charge on any atom is 0.0738 e. The third-order valence-electron chi connectivity index (χ3n) is 2.96. The van der Waals surface area contributed by atoms with Gasteiger partial charge in [0.15, 0.2) is 0 Å². The zero-order chi connectivity index (χ0) is 10.8. The number of rotatable bonds is 3. The third-order valence-corrected chi connectivity index (χ3v) is 2.96. The first-order chi connectivity index (χ1) is 6.49. The summed E-state index contributed by atoms with van der Waals surface area (Å²) in [5.41, 5.74) is 7.77. The molecule has 1 aromatic heterocycles. The lowest BCUT2D eigenvalue weighted by molar-refractivity contribution is 0.471. The molecule has 0 amide bonds. The fourth-order valence-corrected chi connectivity index (χ4v) is 1.27. The molecule has 0 spiro atoms. The normalized spacial score (nSPS) is 11.4. The quantitative estimate of drug-likeness (QED) is 0.800. The molecule has 78 valence electrons.